The van der Waals surface area contributed by atoms with Gasteiger partial charge < -0.3 is 0 Å². The lowest BCUT2D eigenvalue weighted by atomic mass is 10.2. The lowest BCUT2D eigenvalue weighted by molar-refractivity contribution is 0.999. The Morgan fingerprint density at radius 3 is 1.24 bits per heavy atom. The highest BCUT2D eigenvalue weighted by Crippen LogP contribution is 2.34. The van der Waals surface area contributed by atoms with Gasteiger partial charge in [-0.25, -0.2) is 15.0 Å². The van der Waals surface area contributed by atoms with Gasteiger partial charge in [0.2, 0.25) is 11.6 Å². The maximum atomic E-state index is 5.81. The summed E-state index contributed by atoms with van der Waals surface area (Å²) in [4.78, 5) is 16.5. The van der Waals surface area contributed by atoms with E-state index in [1.165, 1.54) is 31.5 Å². The van der Waals surface area contributed by atoms with Crippen molar-refractivity contribution in [3.05, 3.63) is 243 Å². The molecule has 6 heterocycles. The van der Waals surface area contributed by atoms with Gasteiger partial charge in [-0.3, -0.25) is 22.5 Å². The van der Waals surface area contributed by atoms with Crippen molar-refractivity contribution in [2.24, 2.45) is 0 Å². The predicted molar refractivity (Wildman–Crippen MR) is 288 cm³/mol. The number of hydrogen-bond donors (Lipinski definition) is 0. The van der Waals surface area contributed by atoms with Gasteiger partial charge in [0, 0.05) is 16.5 Å². The van der Waals surface area contributed by atoms with Crippen LogP contribution in [0.2, 0.25) is 0 Å². The van der Waals surface area contributed by atoms with E-state index in [0.29, 0.717) is 0 Å². The first-order valence-corrected chi connectivity index (χ1v) is 25.7. The fraction of sp³-hybridized carbons (Fsp3) is 0. The number of aromatic nitrogens is 8. The van der Waals surface area contributed by atoms with E-state index in [1.807, 2.05) is 0 Å². The van der Waals surface area contributed by atoms with E-state index in [2.05, 4.69) is 265 Å². The van der Waals surface area contributed by atoms with Crippen molar-refractivity contribution < 1.29 is 0 Å². The van der Waals surface area contributed by atoms with Crippen molar-refractivity contribution in [3.8, 4) is 17.3 Å². The van der Waals surface area contributed by atoms with E-state index < -0.39 is 8.07 Å². The average Bonchev–Trinajstić information content (AvgIpc) is 4.22. The second-order valence-electron chi connectivity index (χ2n) is 18.1. The first-order valence-electron chi connectivity index (χ1n) is 23.7. The monoisotopic (exact) mass is 912 g/mol. The Bertz CT molecular complexity index is 4460. The second-order valence-corrected chi connectivity index (χ2v) is 21.9. The average molecular weight is 913 g/mol. The summed E-state index contributed by atoms with van der Waals surface area (Å²) < 4.78 is 11.5. The van der Waals surface area contributed by atoms with Gasteiger partial charge in [0.1, 0.15) is 11.6 Å². The molecular weight excluding hydrogens is 873 g/mol. The lowest BCUT2D eigenvalue weighted by Gasteiger charge is -2.35. The first kappa shape index (κ1) is 38.8. The molecule has 328 valence electrons. The Balaban J connectivity index is 1.10. The van der Waals surface area contributed by atoms with Crippen molar-refractivity contribution in [1.29, 1.82) is 0 Å². The molecule has 0 N–H and O–H groups in total. The summed E-state index contributed by atoms with van der Waals surface area (Å²) >= 11 is 0. The third-order valence-corrected chi connectivity index (χ3v) is 19.2. The highest BCUT2D eigenvalue weighted by atomic mass is 28.3. The Hall–Kier alpha value is -9.31. The molecule has 9 aromatic carbocycles. The van der Waals surface area contributed by atoms with Crippen LogP contribution >= 0.6 is 0 Å². The van der Waals surface area contributed by atoms with Gasteiger partial charge in [-0.2, -0.15) is 0 Å². The molecular formula is C61H40N8Si. The molecule has 0 bridgehead atoms. The smallest absolute Gasteiger partial charge is 0.221 e. The number of imidazole rings is 4. The third-order valence-electron chi connectivity index (χ3n) is 14.4. The van der Waals surface area contributed by atoms with Gasteiger partial charge in [-0.1, -0.05) is 158 Å². The molecule has 9 heteroatoms. The zero-order valence-corrected chi connectivity index (χ0v) is 38.7. The summed E-state index contributed by atoms with van der Waals surface area (Å²) in [7, 11) is -3.33. The number of pyridine rings is 1. The third kappa shape index (κ3) is 5.37. The molecule has 15 rings (SSSR count). The molecule has 6 aromatic heterocycles. The lowest BCUT2D eigenvalue weighted by Crippen LogP contribution is -2.75. The minimum atomic E-state index is -3.33. The van der Waals surface area contributed by atoms with Gasteiger partial charge in [-0.05, 0) is 106 Å². The normalized spacial score (nSPS) is 12.3. The standard InChI is InChI=1S/C61H40N8Si/c1-3-21-42(22-4-1)70(43-23-5-2-6-24-43,44-25-19-20-41(38-44)65-54-34-15-16-35-55(54)67-52-32-13-9-28-48(52)62-60(65)67)45-39-58(66-50-30-11-7-26-46(50)47-27-8-12-31-51(47)66)64-59(40-45)69-57-37-18-17-36-56(57)68-53-33-14-10-29-49(53)63-61(68)69/h1-40H. The van der Waals surface area contributed by atoms with Crippen LogP contribution in [0.4, 0.5) is 0 Å². The molecule has 0 atom stereocenters. The Kier molecular flexibility index (Phi) is 8.22. The number of para-hydroxylation sites is 10. The van der Waals surface area contributed by atoms with Gasteiger partial charge in [0.15, 0.2) is 8.07 Å². The summed E-state index contributed by atoms with van der Waals surface area (Å²) in [5, 5.41) is 7.29. The van der Waals surface area contributed by atoms with E-state index >= 15 is 0 Å². The summed E-state index contributed by atoms with van der Waals surface area (Å²) in [5.41, 5.74) is 11.6. The molecule has 0 unspecified atom stereocenters. The van der Waals surface area contributed by atoms with Crippen molar-refractivity contribution in [2.45, 2.75) is 0 Å². The summed E-state index contributed by atoms with van der Waals surface area (Å²) in [5.74, 6) is 3.31. The molecule has 0 aliphatic heterocycles. The van der Waals surface area contributed by atoms with Crippen LogP contribution < -0.4 is 20.7 Å². The van der Waals surface area contributed by atoms with E-state index in [1.54, 1.807) is 0 Å². The molecule has 0 fully saturated rings. The number of fused-ring (bicyclic) bond motifs is 13. The molecule has 0 saturated heterocycles. The molecule has 70 heavy (non-hydrogen) atoms. The molecule has 0 aliphatic rings. The number of nitrogens with zero attached hydrogens (tertiary/aromatic N) is 8. The molecule has 0 spiro atoms. The van der Waals surface area contributed by atoms with Crippen molar-refractivity contribution in [3.63, 3.8) is 0 Å². The Morgan fingerprint density at radius 1 is 0.271 bits per heavy atom. The summed E-state index contributed by atoms with van der Waals surface area (Å²) in [6.07, 6.45) is 0. The van der Waals surface area contributed by atoms with Crippen molar-refractivity contribution >= 4 is 106 Å². The van der Waals surface area contributed by atoms with E-state index in [4.69, 9.17) is 15.0 Å². The van der Waals surface area contributed by atoms with Crippen LogP contribution in [0, 0.1) is 0 Å². The van der Waals surface area contributed by atoms with Gasteiger partial charge >= 0.3 is 0 Å². The van der Waals surface area contributed by atoms with E-state index in [-0.39, 0.29) is 0 Å². The highest BCUT2D eigenvalue weighted by molar-refractivity contribution is 7.20. The van der Waals surface area contributed by atoms with Crippen LogP contribution in [0.3, 0.4) is 0 Å². The topological polar surface area (TPSA) is 62.3 Å². The first-order chi connectivity index (χ1) is 34.7. The number of benzene rings is 9. The largest absolute Gasteiger partial charge is 0.294 e. The minimum absolute atomic E-state index is 0.790. The van der Waals surface area contributed by atoms with Crippen LogP contribution in [-0.2, 0) is 0 Å². The predicted octanol–water partition coefficient (Wildman–Crippen LogP) is 11.0. The van der Waals surface area contributed by atoms with Crippen LogP contribution in [0.25, 0.3) is 94.8 Å². The van der Waals surface area contributed by atoms with Gasteiger partial charge in [0.05, 0.1) is 55.2 Å². The van der Waals surface area contributed by atoms with Crippen molar-refractivity contribution in [1.82, 2.24) is 37.5 Å². The zero-order valence-electron chi connectivity index (χ0n) is 37.7. The fourth-order valence-corrected chi connectivity index (χ4v) is 16.3. The molecule has 0 saturated carbocycles. The van der Waals surface area contributed by atoms with Crippen LogP contribution in [0.15, 0.2) is 243 Å². The Labute approximate surface area is 401 Å². The van der Waals surface area contributed by atoms with Crippen LogP contribution in [0.1, 0.15) is 0 Å². The van der Waals surface area contributed by atoms with E-state index in [0.717, 1.165) is 84.0 Å². The number of rotatable bonds is 7. The molecule has 0 aliphatic carbocycles. The summed E-state index contributed by atoms with van der Waals surface area (Å²) in [6, 6.07) is 87.8. The maximum absolute atomic E-state index is 5.81. The number of hydrogen-bond acceptors (Lipinski definition) is 3. The maximum Gasteiger partial charge on any atom is 0.221 e. The SMILES string of the molecule is c1ccc([Si](c2ccccc2)(c2cccc(-n3c4ccccc4n4c5ccccc5nc34)c2)c2cc(-n3c4ccccc4c4ccccc43)nc(-n3c4ccccc4n4c5ccccc5nc34)c2)cc1. The quantitative estimate of drug-likeness (QED) is 0.118. The fourth-order valence-electron chi connectivity index (χ4n) is 11.6. The summed E-state index contributed by atoms with van der Waals surface area (Å²) in [6.45, 7) is 0. The zero-order chi connectivity index (χ0) is 45.9. The van der Waals surface area contributed by atoms with Crippen LogP contribution in [0.5, 0.6) is 0 Å². The van der Waals surface area contributed by atoms with Gasteiger partial charge in [0.25, 0.3) is 0 Å². The Morgan fingerprint density at radius 2 is 0.686 bits per heavy atom. The van der Waals surface area contributed by atoms with Gasteiger partial charge in [-0.15, -0.1) is 0 Å². The second kappa shape index (κ2) is 14.8. The molecule has 0 radical (unpaired) electrons. The van der Waals surface area contributed by atoms with Crippen LogP contribution in [-0.4, -0.2) is 45.5 Å². The molecule has 0 amide bonds. The molecule has 15 aromatic rings. The molecule has 8 nitrogen and oxygen atoms in total. The van der Waals surface area contributed by atoms with Crippen molar-refractivity contribution in [2.75, 3.05) is 0 Å². The minimum Gasteiger partial charge on any atom is -0.294 e. The van der Waals surface area contributed by atoms with E-state index in [9.17, 15) is 0 Å². The highest BCUT2D eigenvalue weighted by Gasteiger charge is 2.43.